The molecule has 0 amide bonds. The minimum atomic E-state index is -0.264. The summed E-state index contributed by atoms with van der Waals surface area (Å²) in [5.41, 5.74) is 0. The normalized spacial score (nSPS) is 31.1. The highest BCUT2D eigenvalue weighted by Crippen LogP contribution is 2.52. The first-order valence-electron chi connectivity index (χ1n) is 4.45. The predicted octanol–water partition coefficient (Wildman–Crippen LogP) is 1.56. The van der Waals surface area contributed by atoms with Crippen LogP contribution in [-0.2, 0) is 9.53 Å². The molecule has 3 nitrogen and oxygen atoms in total. The molecule has 0 aromatic heterocycles. The van der Waals surface area contributed by atoms with Gasteiger partial charge in [0.1, 0.15) is 6.04 Å². The summed E-state index contributed by atoms with van der Waals surface area (Å²) in [5.74, 6) is 2.09. The number of hydrogen-bond acceptors (Lipinski definition) is 5. The Bertz CT molecular complexity index is 245. The van der Waals surface area contributed by atoms with E-state index in [2.05, 4.69) is 0 Å². The van der Waals surface area contributed by atoms with Crippen molar-refractivity contribution in [3.63, 3.8) is 0 Å². The number of halogens is 1. The van der Waals surface area contributed by atoms with Crippen LogP contribution in [-0.4, -0.2) is 45.7 Å². The third kappa shape index (κ3) is 1.87. The summed E-state index contributed by atoms with van der Waals surface area (Å²) >= 11 is 9.86. The Kier molecular flexibility index (Phi) is 3.21. The number of nitrogens with zero attached hydrogens (tertiary/aromatic N) is 1. The molecule has 2 rings (SSSR count). The van der Waals surface area contributed by atoms with E-state index in [0.29, 0.717) is 0 Å². The highest BCUT2D eigenvalue weighted by atomic mass is 35.5. The number of rotatable bonds is 1. The maximum atomic E-state index is 11.4. The Morgan fingerprint density at radius 2 is 2.21 bits per heavy atom. The number of carbonyl (C=O) groups is 1. The molecular formula is C8H12ClNO2S2. The van der Waals surface area contributed by atoms with Crippen LogP contribution in [0.5, 0.6) is 0 Å². The maximum Gasteiger partial charge on any atom is 0.324 e. The molecule has 1 atom stereocenters. The zero-order chi connectivity index (χ0) is 10.2. The van der Waals surface area contributed by atoms with Crippen molar-refractivity contribution in [3.05, 3.63) is 0 Å². The van der Waals surface area contributed by atoms with Gasteiger partial charge in [0.15, 0.2) is 0 Å². The Balaban J connectivity index is 2.06. The standard InChI is InChI=1S/C8H12ClNO2S2/c1-12-7(11)6-4-8(5-10(6)9)13-2-3-14-8/h6H,2-5H2,1H3/t6-/m0/s1. The van der Waals surface area contributed by atoms with Gasteiger partial charge in [-0.3, -0.25) is 4.79 Å². The molecule has 0 aromatic carbocycles. The monoisotopic (exact) mass is 253 g/mol. The lowest BCUT2D eigenvalue weighted by atomic mass is 10.2. The van der Waals surface area contributed by atoms with Crippen LogP contribution < -0.4 is 0 Å². The molecule has 6 heteroatoms. The fourth-order valence-corrected chi connectivity index (χ4v) is 5.59. The summed E-state index contributed by atoms with van der Waals surface area (Å²) in [4.78, 5) is 11.4. The summed E-state index contributed by atoms with van der Waals surface area (Å²) in [5, 5.41) is 0. The molecular weight excluding hydrogens is 242 g/mol. The zero-order valence-electron chi connectivity index (χ0n) is 7.86. The van der Waals surface area contributed by atoms with E-state index in [0.717, 1.165) is 24.5 Å². The van der Waals surface area contributed by atoms with Gasteiger partial charge in [0.2, 0.25) is 0 Å². The van der Waals surface area contributed by atoms with E-state index in [9.17, 15) is 4.79 Å². The van der Waals surface area contributed by atoms with Gasteiger partial charge in [0.05, 0.1) is 11.2 Å². The second kappa shape index (κ2) is 4.12. The van der Waals surface area contributed by atoms with E-state index in [-0.39, 0.29) is 16.1 Å². The molecule has 0 N–H and O–H groups in total. The molecule has 2 fully saturated rings. The van der Waals surface area contributed by atoms with Crippen LogP contribution in [0.4, 0.5) is 0 Å². The number of methoxy groups -OCH3 is 1. The quantitative estimate of drug-likeness (QED) is 0.523. The zero-order valence-corrected chi connectivity index (χ0v) is 10.3. The fraction of sp³-hybridized carbons (Fsp3) is 0.875. The summed E-state index contributed by atoms with van der Waals surface area (Å²) in [7, 11) is 1.41. The van der Waals surface area contributed by atoms with Gasteiger partial charge in [0, 0.05) is 18.1 Å². The number of esters is 1. The summed E-state index contributed by atoms with van der Waals surface area (Å²) < 4.78 is 6.46. The number of thioether (sulfide) groups is 2. The Morgan fingerprint density at radius 1 is 1.57 bits per heavy atom. The van der Waals surface area contributed by atoms with E-state index >= 15 is 0 Å². The Morgan fingerprint density at radius 3 is 2.79 bits per heavy atom. The molecule has 2 aliphatic rings. The van der Waals surface area contributed by atoms with Crippen LogP contribution in [0.2, 0.25) is 0 Å². The Labute approximate surface area is 97.0 Å². The first-order valence-corrected chi connectivity index (χ1v) is 6.76. The number of ether oxygens (including phenoxy) is 1. The lowest BCUT2D eigenvalue weighted by Gasteiger charge is -2.18. The lowest BCUT2D eigenvalue weighted by molar-refractivity contribution is -0.144. The van der Waals surface area contributed by atoms with Gasteiger partial charge in [-0.1, -0.05) is 0 Å². The van der Waals surface area contributed by atoms with Gasteiger partial charge in [-0.05, 0) is 18.2 Å². The third-order valence-corrected chi connectivity index (χ3v) is 6.30. The van der Waals surface area contributed by atoms with Crippen LogP contribution in [0, 0.1) is 0 Å². The largest absolute Gasteiger partial charge is 0.468 e. The molecule has 0 bridgehead atoms. The van der Waals surface area contributed by atoms with Crippen LogP contribution >= 0.6 is 35.3 Å². The fourth-order valence-electron chi connectivity index (χ4n) is 1.84. The van der Waals surface area contributed by atoms with E-state index < -0.39 is 0 Å². The maximum absolute atomic E-state index is 11.4. The van der Waals surface area contributed by atoms with Gasteiger partial charge >= 0.3 is 5.97 Å². The SMILES string of the molecule is COC(=O)[C@@H]1CC2(CN1Cl)SCCS2. The van der Waals surface area contributed by atoms with E-state index in [1.54, 1.807) is 4.42 Å². The van der Waals surface area contributed by atoms with Crippen LogP contribution in [0.3, 0.4) is 0 Å². The van der Waals surface area contributed by atoms with Crippen molar-refractivity contribution in [2.75, 3.05) is 25.2 Å². The second-order valence-corrected chi connectivity index (χ2v) is 7.06. The molecule has 14 heavy (non-hydrogen) atoms. The van der Waals surface area contributed by atoms with Gasteiger partial charge in [-0.25, -0.2) is 4.42 Å². The molecule has 0 aliphatic carbocycles. The van der Waals surface area contributed by atoms with Crippen molar-refractivity contribution >= 4 is 41.3 Å². The van der Waals surface area contributed by atoms with Crippen molar-refractivity contribution in [3.8, 4) is 0 Å². The summed E-state index contributed by atoms with van der Waals surface area (Å²) in [6.07, 6.45) is 0.804. The van der Waals surface area contributed by atoms with E-state index in [1.807, 2.05) is 23.5 Å². The van der Waals surface area contributed by atoms with Crippen LogP contribution in [0.25, 0.3) is 0 Å². The van der Waals surface area contributed by atoms with Crippen LogP contribution in [0.1, 0.15) is 6.42 Å². The van der Waals surface area contributed by atoms with Gasteiger partial charge in [-0.2, -0.15) is 0 Å². The summed E-state index contributed by atoms with van der Waals surface area (Å²) in [6.45, 7) is 0.768. The second-order valence-electron chi connectivity index (χ2n) is 3.41. The van der Waals surface area contributed by atoms with Crippen molar-refractivity contribution in [1.29, 1.82) is 0 Å². The van der Waals surface area contributed by atoms with Crippen LogP contribution in [0.15, 0.2) is 0 Å². The average molecular weight is 254 g/mol. The average Bonchev–Trinajstić information content (AvgIpc) is 2.74. The smallest absolute Gasteiger partial charge is 0.324 e. The van der Waals surface area contributed by atoms with E-state index in [4.69, 9.17) is 16.5 Å². The highest BCUT2D eigenvalue weighted by molar-refractivity contribution is 8.21. The minimum Gasteiger partial charge on any atom is -0.468 e. The topological polar surface area (TPSA) is 29.5 Å². The molecule has 2 aliphatic heterocycles. The molecule has 1 spiro atoms. The van der Waals surface area contributed by atoms with Gasteiger partial charge < -0.3 is 4.74 Å². The molecule has 2 saturated heterocycles. The molecule has 80 valence electrons. The molecule has 0 unspecified atom stereocenters. The molecule has 0 aromatic rings. The Hall–Kier alpha value is 0.420. The van der Waals surface area contributed by atoms with E-state index in [1.165, 1.54) is 7.11 Å². The van der Waals surface area contributed by atoms with Gasteiger partial charge in [-0.15, -0.1) is 23.5 Å². The minimum absolute atomic E-state index is 0.139. The van der Waals surface area contributed by atoms with Crippen molar-refractivity contribution in [2.45, 2.75) is 16.5 Å². The number of carbonyl (C=O) groups excluding carboxylic acids is 1. The van der Waals surface area contributed by atoms with Crippen molar-refractivity contribution in [2.24, 2.45) is 0 Å². The lowest BCUT2D eigenvalue weighted by Crippen LogP contribution is -2.30. The first kappa shape index (κ1) is 10.9. The van der Waals surface area contributed by atoms with Crippen molar-refractivity contribution in [1.82, 2.24) is 4.42 Å². The molecule has 0 radical (unpaired) electrons. The van der Waals surface area contributed by atoms with Gasteiger partial charge in [0.25, 0.3) is 0 Å². The summed E-state index contributed by atoms with van der Waals surface area (Å²) in [6, 6.07) is -0.264. The molecule has 2 heterocycles. The predicted molar refractivity (Wildman–Crippen MR) is 60.6 cm³/mol. The number of hydrogen-bond donors (Lipinski definition) is 0. The molecule has 0 saturated carbocycles. The first-order chi connectivity index (χ1) is 6.67. The van der Waals surface area contributed by atoms with Crippen molar-refractivity contribution < 1.29 is 9.53 Å². The third-order valence-electron chi connectivity index (χ3n) is 2.52. The highest BCUT2D eigenvalue weighted by Gasteiger charge is 2.49.